The van der Waals surface area contributed by atoms with E-state index in [-0.39, 0.29) is 11.3 Å². The average molecular weight is 325 g/mol. The SMILES string of the molecule is CC(C)CNC(=O)c1ccc(Nc2ccc(C(C)(C)C)cc2)cn1. The standard InChI is InChI=1S/C20H27N3O/c1-14(2)12-22-19(24)18-11-10-17(13-21-18)23-16-8-6-15(7-9-16)20(3,4)5/h6-11,13-14,23H,12H2,1-5H3,(H,22,24). The molecule has 128 valence electrons. The average Bonchev–Trinajstić information content (AvgIpc) is 2.53. The summed E-state index contributed by atoms with van der Waals surface area (Å²) >= 11 is 0. The maximum absolute atomic E-state index is 12.0. The summed E-state index contributed by atoms with van der Waals surface area (Å²) in [5, 5.41) is 6.17. The van der Waals surface area contributed by atoms with Gasteiger partial charge in [0.25, 0.3) is 5.91 Å². The minimum atomic E-state index is -0.134. The van der Waals surface area contributed by atoms with E-state index >= 15 is 0 Å². The Morgan fingerprint density at radius 2 is 1.67 bits per heavy atom. The lowest BCUT2D eigenvalue weighted by Gasteiger charge is -2.19. The van der Waals surface area contributed by atoms with Crippen LogP contribution in [0, 0.1) is 5.92 Å². The number of hydrogen-bond donors (Lipinski definition) is 2. The molecule has 0 radical (unpaired) electrons. The molecule has 2 N–H and O–H groups in total. The van der Waals surface area contributed by atoms with E-state index in [1.807, 2.05) is 6.07 Å². The zero-order chi connectivity index (χ0) is 17.7. The van der Waals surface area contributed by atoms with Gasteiger partial charge >= 0.3 is 0 Å². The van der Waals surface area contributed by atoms with Crippen LogP contribution in [-0.4, -0.2) is 17.4 Å². The van der Waals surface area contributed by atoms with Crippen molar-refractivity contribution in [2.75, 3.05) is 11.9 Å². The van der Waals surface area contributed by atoms with Gasteiger partial charge in [-0.3, -0.25) is 4.79 Å². The normalized spacial score (nSPS) is 11.4. The van der Waals surface area contributed by atoms with Gasteiger partial charge in [0, 0.05) is 12.2 Å². The summed E-state index contributed by atoms with van der Waals surface area (Å²) in [5.41, 5.74) is 3.73. The van der Waals surface area contributed by atoms with Crippen LogP contribution in [0.3, 0.4) is 0 Å². The third kappa shape index (κ3) is 5.08. The van der Waals surface area contributed by atoms with E-state index in [4.69, 9.17) is 0 Å². The van der Waals surface area contributed by atoms with E-state index in [0.717, 1.165) is 11.4 Å². The molecule has 2 aromatic rings. The predicted molar refractivity (Wildman–Crippen MR) is 99.8 cm³/mol. The highest BCUT2D eigenvalue weighted by molar-refractivity contribution is 5.92. The van der Waals surface area contributed by atoms with Crippen LogP contribution >= 0.6 is 0 Å². The number of benzene rings is 1. The number of aromatic nitrogens is 1. The first-order chi connectivity index (χ1) is 11.3. The number of amides is 1. The third-order valence-electron chi connectivity index (χ3n) is 3.71. The monoisotopic (exact) mass is 325 g/mol. The molecule has 1 aromatic heterocycles. The molecule has 4 heteroatoms. The Morgan fingerprint density at radius 1 is 1.04 bits per heavy atom. The van der Waals surface area contributed by atoms with Gasteiger partial charge in [-0.25, -0.2) is 4.98 Å². The molecule has 0 aliphatic rings. The van der Waals surface area contributed by atoms with Crippen LogP contribution in [0.1, 0.15) is 50.7 Å². The highest BCUT2D eigenvalue weighted by Crippen LogP contribution is 2.24. The number of carbonyl (C=O) groups is 1. The molecular formula is C20H27N3O. The first kappa shape index (κ1) is 18.0. The largest absolute Gasteiger partial charge is 0.354 e. The highest BCUT2D eigenvalue weighted by atomic mass is 16.1. The zero-order valence-corrected chi connectivity index (χ0v) is 15.2. The van der Waals surface area contributed by atoms with Crippen LogP contribution in [0.2, 0.25) is 0 Å². The number of pyridine rings is 1. The van der Waals surface area contributed by atoms with Crippen molar-refractivity contribution in [3.8, 4) is 0 Å². The highest BCUT2D eigenvalue weighted by Gasteiger charge is 2.13. The fourth-order valence-electron chi connectivity index (χ4n) is 2.21. The number of hydrogen-bond acceptors (Lipinski definition) is 3. The molecule has 0 bridgehead atoms. The van der Waals surface area contributed by atoms with Gasteiger partial charge in [0.2, 0.25) is 0 Å². The first-order valence-electron chi connectivity index (χ1n) is 8.37. The minimum absolute atomic E-state index is 0.134. The Morgan fingerprint density at radius 3 is 2.17 bits per heavy atom. The van der Waals surface area contributed by atoms with Gasteiger partial charge in [-0.05, 0) is 41.2 Å². The second kappa shape index (κ2) is 7.47. The van der Waals surface area contributed by atoms with Crippen LogP contribution in [-0.2, 0) is 5.41 Å². The number of anilines is 2. The summed E-state index contributed by atoms with van der Waals surface area (Å²) < 4.78 is 0. The van der Waals surface area contributed by atoms with Gasteiger partial charge in [0.15, 0.2) is 0 Å². The topological polar surface area (TPSA) is 54.0 Å². The number of nitrogens with zero attached hydrogens (tertiary/aromatic N) is 1. The van der Waals surface area contributed by atoms with Crippen molar-refractivity contribution in [2.24, 2.45) is 5.92 Å². The third-order valence-corrected chi connectivity index (χ3v) is 3.71. The molecule has 0 saturated carbocycles. The lowest BCUT2D eigenvalue weighted by Crippen LogP contribution is -2.27. The smallest absolute Gasteiger partial charge is 0.269 e. The molecule has 0 unspecified atom stereocenters. The van der Waals surface area contributed by atoms with Gasteiger partial charge in [-0.1, -0.05) is 46.8 Å². The van der Waals surface area contributed by atoms with Crippen molar-refractivity contribution in [3.63, 3.8) is 0 Å². The number of nitrogens with one attached hydrogen (secondary N) is 2. The van der Waals surface area contributed by atoms with E-state index in [0.29, 0.717) is 18.2 Å². The Kier molecular flexibility index (Phi) is 5.60. The number of rotatable bonds is 5. The van der Waals surface area contributed by atoms with Gasteiger partial charge in [0.1, 0.15) is 5.69 Å². The summed E-state index contributed by atoms with van der Waals surface area (Å²) in [6, 6.07) is 12.0. The van der Waals surface area contributed by atoms with Gasteiger partial charge in [0.05, 0.1) is 11.9 Å². The van der Waals surface area contributed by atoms with Crippen LogP contribution in [0.25, 0.3) is 0 Å². The molecule has 0 atom stereocenters. The second-order valence-electron chi connectivity index (χ2n) is 7.49. The summed E-state index contributed by atoms with van der Waals surface area (Å²) in [4.78, 5) is 16.2. The molecule has 4 nitrogen and oxygen atoms in total. The summed E-state index contributed by atoms with van der Waals surface area (Å²) in [6.07, 6.45) is 1.68. The molecule has 0 spiro atoms. The summed E-state index contributed by atoms with van der Waals surface area (Å²) in [5.74, 6) is 0.288. The molecule has 0 aliphatic carbocycles. The second-order valence-corrected chi connectivity index (χ2v) is 7.49. The maximum atomic E-state index is 12.0. The van der Waals surface area contributed by atoms with E-state index in [2.05, 4.69) is 74.5 Å². The van der Waals surface area contributed by atoms with Crippen molar-refractivity contribution in [3.05, 3.63) is 53.9 Å². The Bertz CT molecular complexity index is 668. The zero-order valence-electron chi connectivity index (χ0n) is 15.2. The lowest BCUT2D eigenvalue weighted by atomic mass is 9.87. The van der Waals surface area contributed by atoms with Crippen molar-refractivity contribution in [2.45, 2.75) is 40.0 Å². The molecule has 1 heterocycles. The van der Waals surface area contributed by atoms with Gasteiger partial charge < -0.3 is 10.6 Å². The summed E-state index contributed by atoms with van der Waals surface area (Å²) in [7, 11) is 0. The van der Waals surface area contributed by atoms with Crippen molar-refractivity contribution < 1.29 is 4.79 Å². The first-order valence-corrected chi connectivity index (χ1v) is 8.37. The van der Waals surface area contributed by atoms with Crippen molar-refractivity contribution in [1.82, 2.24) is 10.3 Å². The van der Waals surface area contributed by atoms with Crippen LogP contribution in [0.5, 0.6) is 0 Å². The minimum Gasteiger partial charge on any atom is -0.354 e. The van der Waals surface area contributed by atoms with Crippen molar-refractivity contribution >= 4 is 17.3 Å². The molecule has 0 aliphatic heterocycles. The molecule has 2 rings (SSSR count). The maximum Gasteiger partial charge on any atom is 0.269 e. The fourth-order valence-corrected chi connectivity index (χ4v) is 2.21. The quantitative estimate of drug-likeness (QED) is 0.850. The van der Waals surface area contributed by atoms with Gasteiger partial charge in [-0.2, -0.15) is 0 Å². The Balaban J connectivity index is 2.00. The van der Waals surface area contributed by atoms with E-state index in [1.165, 1.54) is 5.56 Å². The molecular weight excluding hydrogens is 298 g/mol. The van der Waals surface area contributed by atoms with Crippen LogP contribution in [0.4, 0.5) is 11.4 Å². The van der Waals surface area contributed by atoms with E-state index in [1.54, 1.807) is 12.3 Å². The van der Waals surface area contributed by atoms with Gasteiger partial charge in [-0.15, -0.1) is 0 Å². The summed E-state index contributed by atoms with van der Waals surface area (Å²) in [6.45, 7) is 11.4. The van der Waals surface area contributed by atoms with E-state index in [9.17, 15) is 4.79 Å². The molecule has 0 fully saturated rings. The molecule has 1 amide bonds. The van der Waals surface area contributed by atoms with E-state index < -0.39 is 0 Å². The lowest BCUT2D eigenvalue weighted by molar-refractivity contribution is 0.0944. The molecule has 1 aromatic carbocycles. The molecule has 0 saturated heterocycles. The Hall–Kier alpha value is -2.36. The predicted octanol–water partition coefficient (Wildman–Crippen LogP) is 4.51. The Labute approximate surface area is 144 Å². The fraction of sp³-hybridized carbons (Fsp3) is 0.400. The van der Waals surface area contributed by atoms with Crippen molar-refractivity contribution in [1.29, 1.82) is 0 Å². The number of carbonyl (C=O) groups excluding carboxylic acids is 1. The van der Waals surface area contributed by atoms with Crippen LogP contribution in [0.15, 0.2) is 42.6 Å². The molecule has 24 heavy (non-hydrogen) atoms. The van der Waals surface area contributed by atoms with Crippen LogP contribution < -0.4 is 10.6 Å².